The number of aromatic nitrogens is 2. The number of anilines is 2. The SMILES string of the molecule is COc1cc2ncnc(Nc3cccc(Cl)c3F)c2cc1O[C@H]1C[C@H](C(O)N2CC[C@H]2C(N)=O)N(C)C1. The fourth-order valence-electron chi connectivity index (χ4n) is 4.99. The molecule has 2 fully saturated rings. The molecule has 2 saturated heterocycles. The molecule has 2 aliphatic rings. The summed E-state index contributed by atoms with van der Waals surface area (Å²) >= 11 is 5.93. The smallest absolute Gasteiger partial charge is 0.234 e. The summed E-state index contributed by atoms with van der Waals surface area (Å²) in [6.45, 7) is 1.17. The Labute approximate surface area is 218 Å². The van der Waals surface area contributed by atoms with E-state index < -0.39 is 24.0 Å². The van der Waals surface area contributed by atoms with Gasteiger partial charge in [0.1, 0.15) is 24.5 Å². The number of carbonyl (C=O) groups excluding carboxylic acids is 1. The van der Waals surface area contributed by atoms with Gasteiger partial charge < -0.3 is 25.6 Å². The monoisotopic (exact) mass is 530 g/mol. The Morgan fingerprint density at radius 2 is 2.14 bits per heavy atom. The molecule has 1 unspecified atom stereocenters. The minimum atomic E-state index is -0.833. The first-order valence-corrected chi connectivity index (χ1v) is 12.3. The molecule has 4 N–H and O–H groups in total. The molecule has 37 heavy (non-hydrogen) atoms. The van der Waals surface area contributed by atoms with Crippen LogP contribution in [0.2, 0.25) is 5.02 Å². The molecule has 1 aromatic heterocycles. The Morgan fingerprint density at radius 3 is 2.84 bits per heavy atom. The van der Waals surface area contributed by atoms with Crippen molar-refractivity contribution in [3.8, 4) is 11.5 Å². The average Bonchev–Trinajstić information content (AvgIpc) is 3.20. The normalized spacial score (nSPS) is 23.0. The second kappa shape index (κ2) is 10.3. The maximum absolute atomic E-state index is 14.5. The van der Waals surface area contributed by atoms with E-state index in [1.807, 2.05) is 11.9 Å². The van der Waals surface area contributed by atoms with Gasteiger partial charge in [-0.25, -0.2) is 14.4 Å². The summed E-state index contributed by atoms with van der Waals surface area (Å²) in [6, 6.07) is 7.48. The second-order valence-electron chi connectivity index (χ2n) is 9.31. The molecule has 2 aliphatic heterocycles. The largest absolute Gasteiger partial charge is 0.493 e. The van der Waals surface area contributed by atoms with Crippen LogP contribution in [0.1, 0.15) is 12.8 Å². The fraction of sp³-hybridized carbons (Fsp3) is 0.400. The third-order valence-electron chi connectivity index (χ3n) is 7.05. The Balaban J connectivity index is 1.38. The molecular formula is C25H28ClFN6O4. The van der Waals surface area contributed by atoms with Crippen LogP contribution in [0.25, 0.3) is 10.9 Å². The molecular weight excluding hydrogens is 503 g/mol. The lowest BCUT2D eigenvalue weighted by Gasteiger charge is -2.44. The van der Waals surface area contributed by atoms with Gasteiger partial charge >= 0.3 is 0 Å². The predicted molar refractivity (Wildman–Crippen MR) is 137 cm³/mol. The van der Waals surface area contributed by atoms with Gasteiger partial charge in [-0.3, -0.25) is 14.6 Å². The Hall–Kier alpha value is -3.25. The van der Waals surface area contributed by atoms with E-state index >= 15 is 0 Å². The number of primary amides is 1. The van der Waals surface area contributed by atoms with Crippen molar-refractivity contribution in [3.63, 3.8) is 0 Å². The number of nitrogens with one attached hydrogen (secondary N) is 1. The molecule has 196 valence electrons. The maximum Gasteiger partial charge on any atom is 0.234 e. The van der Waals surface area contributed by atoms with Crippen LogP contribution in [0.5, 0.6) is 11.5 Å². The van der Waals surface area contributed by atoms with E-state index in [1.54, 1.807) is 29.2 Å². The summed E-state index contributed by atoms with van der Waals surface area (Å²) in [4.78, 5) is 24.0. The van der Waals surface area contributed by atoms with E-state index in [2.05, 4.69) is 15.3 Å². The van der Waals surface area contributed by atoms with E-state index in [4.69, 9.17) is 26.8 Å². The third kappa shape index (κ3) is 4.87. The number of fused-ring (bicyclic) bond motifs is 1. The zero-order chi connectivity index (χ0) is 26.3. The van der Waals surface area contributed by atoms with Gasteiger partial charge in [-0.05, 0) is 31.7 Å². The summed E-state index contributed by atoms with van der Waals surface area (Å²) in [6.07, 6.45) is 1.47. The molecule has 0 bridgehead atoms. The minimum absolute atomic E-state index is 0.00322. The van der Waals surface area contributed by atoms with Crippen molar-refractivity contribution in [3.05, 3.63) is 47.5 Å². The molecule has 12 heteroatoms. The number of hydrogen-bond donors (Lipinski definition) is 3. The van der Waals surface area contributed by atoms with Crippen molar-refractivity contribution in [2.75, 3.05) is 32.6 Å². The van der Waals surface area contributed by atoms with Crippen LogP contribution < -0.4 is 20.5 Å². The number of ether oxygens (including phenoxy) is 2. The van der Waals surface area contributed by atoms with Crippen molar-refractivity contribution in [1.82, 2.24) is 19.8 Å². The Bertz CT molecular complexity index is 1330. The highest BCUT2D eigenvalue weighted by Gasteiger charge is 2.44. The van der Waals surface area contributed by atoms with Gasteiger partial charge in [-0.1, -0.05) is 17.7 Å². The van der Waals surface area contributed by atoms with E-state index in [0.29, 0.717) is 54.2 Å². The van der Waals surface area contributed by atoms with Crippen LogP contribution in [-0.2, 0) is 4.79 Å². The number of likely N-dealkylation sites (N-methyl/N-ethyl adjacent to an activating group) is 1. The first kappa shape index (κ1) is 25.4. The van der Waals surface area contributed by atoms with Crippen LogP contribution in [0.15, 0.2) is 36.7 Å². The number of aliphatic hydroxyl groups excluding tert-OH is 1. The predicted octanol–water partition coefficient (Wildman–Crippen LogP) is 2.50. The lowest BCUT2D eigenvalue weighted by Crippen LogP contribution is -2.62. The van der Waals surface area contributed by atoms with Crippen LogP contribution in [0.3, 0.4) is 0 Å². The first-order valence-electron chi connectivity index (χ1n) is 11.9. The Kier molecular flexibility index (Phi) is 7.04. The molecule has 2 aromatic carbocycles. The molecule has 0 aliphatic carbocycles. The van der Waals surface area contributed by atoms with Crippen molar-refractivity contribution in [1.29, 1.82) is 0 Å². The summed E-state index contributed by atoms with van der Waals surface area (Å²) in [7, 11) is 3.44. The van der Waals surface area contributed by atoms with E-state index in [-0.39, 0.29) is 22.9 Å². The van der Waals surface area contributed by atoms with Gasteiger partial charge in [-0.2, -0.15) is 0 Å². The van der Waals surface area contributed by atoms with Gasteiger partial charge in [0.05, 0.1) is 35.4 Å². The zero-order valence-electron chi connectivity index (χ0n) is 20.4. The molecule has 3 heterocycles. The van der Waals surface area contributed by atoms with Gasteiger partial charge in [-0.15, -0.1) is 0 Å². The third-order valence-corrected chi connectivity index (χ3v) is 7.35. The van der Waals surface area contributed by atoms with Crippen LogP contribution in [-0.4, -0.2) is 82.4 Å². The number of benzene rings is 2. The number of likely N-dealkylation sites (tertiary alicyclic amines) is 2. The highest BCUT2D eigenvalue weighted by atomic mass is 35.5. The van der Waals surface area contributed by atoms with Crippen molar-refractivity contribution in [2.24, 2.45) is 5.73 Å². The number of nitrogens with two attached hydrogens (primary N) is 1. The number of halogens is 2. The summed E-state index contributed by atoms with van der Waals surface area (Å²) in [5.41, 5.74) is 6.22. The standard InChI is InChI=1S/C25H28ClFN6O4/c1-32-11-13(8-19(32)25(35)33-7-6-18(33)23(28)34)37-21-9-14-17(10-20(21)36-2)29-12-30-24(14)31-16-5-3-4-15(26)22(16)27/h3-5,9-10,12-13,18-19,25,35H,6-8,11H2,1-2H3,(H2,28,34)(H,29,30,31)/t13-,18-,19+,25?/m0/s1. The van der Waals surface area contributed by atoms with Gasteiger partial charge in [0.25, 0.3) is 0 Å². The molecule has 0 saturated carbocycles. The Morgan fingerprint density at radius 1 is 1.32 bits per heavy atom. The number of nitrogens with zero attached hydrogens (tertiary/aromatic N) is 4. The average molecular weight is 531 g/mol. The maximum atomic E-state index is 14.5. The lowest BCUT2D eigenvalue weighted by molar-refractivity contribution is -0.145. The van der Waals surface area contributed by atoms with Gasteiger partial charge in [0, 0.05) is 31.0 Å². The van der Waals surface area contributed by atoms with E-state index in [0.717, 1.165) is 0 Å². The molecule has 1 amide bonds. The highest BCUT2D eigenvalue weighted by molar-refractivity contribution is 6.31. The number of carbonyl (C=O) groups is 1. The molecule has 4 atom stereocenters. The molecule has 5 rings (SSSR count). The molecule has 0 spiro atoms. The van der Waals surface area contributed by atoms with E-state index in [9.17, 15) is 14.3 Å². The van der Waals surface area contributed by atoms with Crippen molar-refractivity contribution in [2.45, 2.75) is 37.3 Å². The van der Waals surface area contributed by atoms with Crippen molar-refractivity contribution >= 4 is 39.9 Å². The van der Waals surface area contributed by atoms with E-state index in [1.165, 1.54) is 19.5 Å². The number of aliphatic hydroxyl groups is 1. The van der Waals surface area contributed by atoms with Crippen LogP contribution in [0, 0.1) is 5.82 Å². The number of methoxy groups -OCH3 is 1. The number of amides is 1. The lowest BCUT2D eigenvalue weighted by atomic mass is 9.99. The summed E-state index contributed by atoms with van der Waals surface area (Å²) < 4.78 is 26.4. The quantitative estimate of drug-likeness (QED) is 0.402. The molecule has 3 aromatic rings. The van der Waals surface area contributed by atoms with Gasteiger partial charge in [0.15, 0.2) is 17.3 Å². The van der Waals surface area contributed by atoms with Crippen LogP contribution in [0.4, 0.5) is 15.9 Å². The van der Waals surface area contributed by atoms with Crippen molar-refractivity contribution < 1.29 is 23.8 Å². The number of rotatable bonds is 8. The van der Waals surface area contributed by atoms with Gasteiger partial charge in [0.2, 0.25) is 5.91 Å². The number of hydrogen-bond acceptors (Lipinski definition) is 9. The molecule has 10 nitrogen and oxygen atoms in total. The summed E-state index contributed by atoms with van der Waals surface area (Å²) in [5.74, 6) is 0.316. The zero-order valence-corrected chi connectivity index (χ0v) is 21.2. The second-order valence-corrected chi connectivity index (χ2v) is 9.72. The van der Waals surface area contributed by atoms with Crippen LogP contribution >= 0.6 is 11.6 Å². The molecule has 0 radical (unpaired) electrons. The summed E-state index contributed by atoms with van der Waals surface area (Å²) in [5, 5.41) is 14.5. The highest BCUT2D eigenvalue weighted by Crippen LogP contribution is 2.37. The fourth-order valence-corrected chi connectivity index (χ4v) is 5.16. The minimum Gasteiger partial charge on any atom is -0.493 e. The topological polar surface area (TPSA) is 126 Å². The first-order chi connectivity index (χ1) is 17.8.